The fourth-order valence-corrected chi connectivity index (χ4v) is 6.07. The van der Waals surface area contributed by atoms with E-state index in [0.29, 0.717) is 29.2 Å². The Kier molecular flexibility index (Phi) is 12.4. The van der Waals surface area contributed by atoms with Crippen molar-refractivity contribution in [1.29, 1.82) is 0 Å². The zero-order valence-electron chi connectivity index (χ0n) is 25.0. The van der Waals surface area contributed by atoms with Gasteiger partial charge in [0.2, 0.25) is 21.8 Å². The average molecular weight is 612 g/mol. The van der Waals surface area contributed by atoms with Gasteiger partial charge < -0.3 is 10.2 Å². The predicted molar refractivity (Wildman–Crippen MR) is 171 cm³/mol. The molecule has 42 heavy (non-hydrogen) atoms. The van der Waals surface area contributed by atoms with Crippen LogP contribution in [0.5, 0.6) is 0 Å². The van der Waals surface area contributed by atoms with Crippen LogP contribution in [-0.2, 0) is 32.6 Å². The first-order chi connectivity index (χ1) is 20.0. The molecule has 0 aliphatic carbocycles. The van der Waals surface area contributed by atoms with E-state index in [1.54, 1.807) is 30.0 Å². The number of amides is 2. The minimum atomic E-state index is -3.63. The predicted octanol–water partition coefficient (Wildman–Crippen LogP) is 6.06. The van der Waals surface area contributed by atoms with Gasteiger partial charge in [-0.1, -0.05) is 85.6 Å². The third kappa shape index (κ3) is 9.33. The summed E-state index contributed by atoms with van der Waals surface area (Å²) in [6.45, 7) is 6.74. The number of unbranched alkanes of at least 4 members (excludes halogenated alkanes) is 1. The first-order valence-corrected chi connectivity index (χ1v) is 16.6. The number of hydrogen-bond acceptors (Lipinski definition) is 4. The van der Waals surface area contributed by atoms with Crippen molar-refractivity contribution >= 4 is 39.1 Å². The first-order valence-electron chi connectivity index (χ1n) is 14.4. The molecule has 1 atom stereocenters. The summed E-state index contributed by atoms with van der Waals surface area (Å²) in [7, 11) is -3.63. The van der Waals surface area contributed by atoms with Gasteiger partial charge in [-0.25, -0.2) is 8.42 Å². The first kappa shape index (κ1) is 33.1. The number of rotatable bonds is 15. The van der Waals surface area contributed by atoms with Gasteiger partial charge in [0.25, 0.3) is 0 Å². The van der Waals surface area contributed by atoms with Crippen LogP contribution in [0.1, 0.15) is 54.9 Å². The Bertz CT molecular complexity index is 1450. The van der Waals surface area contributed by atoms with Crippen molar-refractivity contribution in [3.63, 3.8) is 0 Å². The molecule has 0 fully saturated rings. The summed E-state index contributed by atoms with van der Waals surface area (Å²) in [4.78, 5) is 29.2. The van der Waals surface area contributed by atoms with Crippen molar-refractivity contribution in [2.45, 2.75) is 65.5 Å². The SMILES string of the molecule is CCCCNC(=O)C(Cc1ccccc1)N(Cc1ccccc1C)C(=O)CCCN(c1cccc(Cl)c1C)S(C)(=O)=O. The van der Waals surface area contributed by atoms with Crippen LogP contribution in [0.4, 0.5) is 5.69 Å². The van der Waals surface area contributed by atoms with E-state index in [9.17, 15) is 18.0 Å². The summed E-state index contributed by atoms with van der Waals surface area (Å²) in [5.41, 5.74) is 4.09. The molecule has 1 N–H and O–H groups in total. The van der Waals surface area contributed by atoms with Crippen molar-refractivity contribution in [1.82, 2.24) is 10.2 Å². The quantitative estimate of drug-likeness (QED) is 0.212. The Morgan fingerprint density at radius 3 is 2.29 bits per heavy atom. The normalized spacial score (nSPS) is 12.0. The molecule has 0 saturated heterocycles. The molecular weight excluding hydrogens is 570 g/mol. The molecule has 3 rings (SSSR count). The zero-order chi connectivity index (χ0) is 30.7. The van der Waals surface area contributed by atoms with Crippen LogP contribution >= 0.6 is 11.6 Å². The molecule has 0 bridgehead atoms. The number of aryl methyl sites for hydroxylation is 1. The van der Waals surface area contributed by atoms with E-state index in [0.717, 1.165) is 35.8 Å². The molecule has 0 radical (unpaired) electrons. The Morgan fingerprint density at radius 1 is 0.929 bits per heavy atom. The molecular formula is C33H42ClN3O4S. The molecule has 226 valence electrons. The van der Waals surface area contributed by atoms with Gasteiger partial charge >= 0.3 is 0 Å². The number of nitrogens with one attached hydrogen (secondary N) is 1. The van der Waals surface area contributed by atoms with Gasteiger partial charge in [-0.05, 0) is 61.1 Å². The monoisotopic (exact) mass is 611 g/mol. The smallest absolute Gasteiger partial charge is 0.243 e. The molecule has 0 spiro atoms. The standard InChI is InChI=1S/C33H42ClN3O4S/c1-5-6-21-35-33(39)31(23-27-15-8-7-9-16-27)36(24-28-17-11-10-14-25(28)2)32(38)20-13-22-37(42(4,40)41)30-19-12-18-29(34)26(30)3/h7-12,14-19,31H,5-6,13,20-24H2,1-4H3,(H,35,39). The Morgan fingerprint density at radius 2 is 1.62 bits per heavy atom. The molecule has 9 heteroatoms. The lowest BCUT2D eigenvalue weighted by Gasteiger charge is -2.32. The highest BCUT2D eigenvalue weighted by Crippen LogP contribution is 2.28. The highest BCUT2D eigenvalue weighted by atomic mass is 35.5. The van der Waals surface area contributed by atoms with Crippen LogP contribution in [0.25, 0.3) is 0 Å². The van der Waals surface area contributed by atoms with E-state index in [4.69, 9.17) is 11.6 Å². The number of carbonyl (C=O) groups is 2. The Hall–Kier alpha value is -3.36. The van der Waals surface area contributed by atoms with Crippen LogP contribution in [0.3, 0.4) is 0 Å². The van der Waals surface area contributed by atoms with Crippen molar-refractivity contribution in [3.05, 3.63) is 100 Å². The molecule has 2 amide bonds. The maximum atomic E-state index is 14.0. The van der Waals surface area contributed by atoms with E-state index in [1.807, 2.05) is 61.5 Å². The van der Waals surface area contributed by atoms with Crippen molar-refractivity contribution in [2.75, 3.05) is 23.7 Å². The van der Waals surface area contributed by atoms with Crippen LogP contribution in [0.2, 0.25) is 5.02 Å². The number of sulfonamides is 1. The lowest BCUT2D eigenvalue weighted by molar-refractivity contribution is -0.141. The molecule has 0 saturated carbocycles. The van der Waals surface area contributed by atoms with E-state index in [-0.39, 0.29) is 37.7 Å². The molecule has 0 aliphatic rings. The molecule has 7 nitrogen and oxygen atoms in total. The van der Waals surface area contributed by atoms with Gasteiger partial charge in [0.05, 0.1) is 11.9 Å². The van der Waals surface area contributed by atoms with Gasteiger partial charge in [0.1, 0.15) is 6.04 Å². The summed E-state index contributed by atoms with van der Waals surface area (Å²) < 4.78 is 26.8. The van der Waals surface area contributed by atoms with Gasteiger partial charge in [-0.3, -0.25) is 13.9 Å². The minimum Gasteiger partial charge on any atom is -0.354 e. The second kappa shape index (κ2) is 15.8. The third-order valence-electron chi connectivity index (χ3n) is 7.36. The van der Waals surface area contributed by atoms with Crippen molar-refractivity contribution < 1.29 is 18.0 Å². The molecule has 3 aromatic carbocycles. The number of anilines is 1. The fraction of sp³-hybridized carbons (Fsp3) is 0.394. The van der Waals surface area contributed by atoms with Crippen LogP contribution in [0.15, 0.2) is 72.8 Å². The lowest BCUT2D eigenvalue weighted by atomic mass is 10.0. The van der Waals surface area contributed by atoms with Crippen LogP contribution in [0, 0.1) is 13.8 Å². The number of hydrogen-bond donors (Lipinski definition) is 1. The topological polar surface area (TPSA) is 86.8 Å². The maximum Gasteiger partial charge on any atom is 0.243 e. The van der Waals surface area contributed by atoms with E-state index in [1.165, 1.54) is 4.31 Å². The third-order valence-corrected chi connectivity index (χ3v) is 8.95. The number of halogens is 1. The Balaban J connectivity index is 1.90. The number of nitrogens with zero attached hydrogens (tertiary/aromatic N) is 2. The Labute approximate surface area is 255 Å². The zero-order valence-corrected chi connectivity index (χ0v) is 26.5. The molecule has 0 aromatic heterocycles. The summed E-state index contributed by atoms with van der Waals surface area (Å²) in [5, 5.41) is 3.51. The fourth-order valence-electron chi connectivity index (χ4n) is 4.88. The van der Waals surface area contributed by atoms with Crippen LogP contribution < -0.4 is 9.62 Å². The molecule has 3 aromatic rings. The second-order valence-corrected chi connectivity index (χ2v) is 12.9. The molecule has 0 heterocycles. The molecule has 1 unspecified atom stereocenters. The summed E-state index contributed by atoms with van der Waals surface area (Å²) in [6, 6.07) is 21.9. The summed E-state index contributed by atoms with van der Waals surface area (Å²) in [5.74, 6) is -0.400. The number of carbonyl (C=O) groups excluding carboxylic acids is 2. The van der Waals surface area contributed by atoms with Crippen molar-refractivity contribution in [3.8, 4) is 0 Å². The van der Waals surface area contributed by atoms with Gasteiger partial charge in [-0.2, -0.15) is 0 Å². The average Bonchev–Trinajstić information content (AvgIpc) is 2.95. The maximum absolute atomic E-state index is 14.0. The minimum absolute atomic E-state index is 0.0744. The molecule has 0 aliphatic heterocycles. The summed E-state index contributed by atoms with van der Waals surface area (Å²) >= 11 is 6.28. The summed E-state index contributed by atoms with van der Waals surface area (Å²) in [6.07, 6.45) is 3.66. The lowest BCUT2D eigenvalue weighted by Crippen LogP contribution is -2.50. The van der Waals surface area contributed by atoms with Crippen molar-refractivity contribution in [2.24, 2.45) is 0 Å². The largest absolute Gasteiger partial charge is 0.354 e. The second-order valence-electron chi connectivity index (χ2n) is 10.6. The van der Waals surface area contributed by atoms with Gasteiger partial charge in [-0.15, -0.1) is 0 Å². The van der Waals surface area contributed by atoms with Gasteiger partial charge in [0.15, 0.2) is 0 Å². The van der Waals surface area contributed by atoms with Crippen LogP contribution in [-0.4, -0.2) is 50.5 Å². The highest BCUT2D eigenvalue weighted by Gasteiger charge is 2.31. The number of benzene rings is 3. The van der Waals surface area contributed by atoms with E-state index in [2.05, 4.69) is 12.2 Å². The van der Waals surface area contributed by atoms with E-state index < -0.39 is 16.1 Å². The highest BCUT2D eigenvalue weighted by molar-refractivity contribution is 7.92. The van der Waals surface area contributed by atoms with Gasteiger partial charge in [0, 0.05) is 37.5 Å². The van der Waals surface area contributed by atoms with E-state index >= 15 is 0 Å².